The Bertz CT molecular complexity index is 1580. The predicted molar refractivity (Wildman–Crippen MR) is 147 cm³/mol. The molecule has 1 aliphatic heterocycles. The fourth-order valence-electron chi connectivity index (χ4n) is 4.56. The number of nitrogens with zero attached hydrogens (tertiary/aromatic N) is 2. The molecule has 4 aromatic rings. The topological polar surface area (TPSA) is 79.7 Å². The first-order valence-corrected chi connectivity index (χ1v) is 13.1. The number of carbonyl (C=O) groups excluding carboxylic acids is 2. The lowest BCUT2D eigenvalue weighted by Crippen LogP contribution is -2.29. The van der Waals surface area contributed by atoms with E-state index in [1.807, 2.05) is 31.2 Å². The molecule has 0 aliphatic carbocycles. The van der Waals surface area contributed by atoms with Crippen molar-refractivity contribution in [1.82, 2.24) is 4.98 Å². The van der Waals surface area contributed by atoms with Crippen molar-refractivity contribution in [3.8, 4) is 5.75 Å². The number of fused-ring (bicyclic) bond motifs is 1. The molecular formula is C30H27FN2O4S. The third-order valence-corrected chi connectivity index (χ3v) is 7.52. The number of rotatable bonds is 5. The molecule has 0 saturated carbocycles. The highest BCUT2D eigenvalue weighted by molar-refractivity contribution is 7.22. The Labute approximate surface area is 224 Å². The maximum absolute atomic E-state index is 13.9. The number of amides is 1. The molecule has 194 valence electrons. The normalized spacial score (nSPS) is 17.4. The monoisotopic (exact) mass is 530 g/mol. The minimum absolute atomic E-state index is 0.0439. The van der Waals surface area contributed by atoms with E-state index >= 15 is 0 Å². The molecule has 5 rings (SSSR count). The molecule has 1 unspecified atom stereocenters. The highest BCUT2D eigenvalue weighted by Gasteiger charge is 2.48. The number of Topliss-reactive ketones (excluding diaryl/α,β-unsaturated/α-hetero) is 1. The molecule has 8 heteroatoms. The van der Waals surface area contributed by atoms with Gasteiger partial charge in [-0.3, -0.25) is 14.5 Å². The van der Waals surface area contributed by atoms with E-state index in [9.17, 15) is 19.1 Å². The van der Waals surface area contributed by atoms with Gasteiger partial charge in [-0.2, -0.15) is 0 Å². The second-order valence-electron chi connectivity index (χ2n) is 10.1. The molecule has 1 aromatic heterocycles. The highest BCUT2D eigenvalue weighted by atomic mass is 32.1. The van der Waals surface area contributed by atoms with Crippen LogP contribution < -0.4 is 9.64 Å². The molecule has 0 spiro atoms. The number of aliphatic hydroxyl groups is 1. The third kappa shape index (κ3) is 4.56. The number of hydrogen-bond donors (Lipinski definition) is 1. The third-order valence-electron chi connectivity index (χ3n) is 6.50. The van der Waals surface area contributed by atoms with Gasteiger partial charge in [-0.1, -0.05) is 68.5 Å². The van der Waals surface area contributed by atoms with Gasteiger partial charge in [0.2, 0.25) is 0 Å². The first kappa shape index (κ1) is 25.6. The molecule has 6 nitrogen and oxygen atoms in total. The summed E-state index contributed by atoms with van der Waals surface area (Å²) in [6.45, 7) is 8.58. The van der Waals surface area contributed by atoms with Crippen molar-refractivity contribution in [2.45, 2.75) is 39.2 Å². The summed E-state index contributed by atoms with van der Waals surface area (Å²) in [6, 6.07) is 17.6. The number of aromatic nitrogens is 1. The van der Waals surface area contributed by atoms with Crippen LogP contribution in [0.2, 0.25) is 0 Å². The van der Waals surface area contributed by atoms with Crippen molar-refractivity contribution < 1.29 is 23.8 Å². The van der Waals surface area contributed by atoms with Crippen LogP contribution in [0.5, 0.6) is 5.75 Å². The fourth-order valence-corrected chi connectivity index (χ4v) is 5.57. The minimum Gasteiger partial charge on any atom is -0.507 e. The SMILES string of the molecule is CCOc1cccc(C(O)=C2C(=O)C(=O)N(c3nc4ccc(F)cc4s3)C2c2ccc(C(C)(C)C)cc2)c1. The van der Waals surface area contributed by atoms with Crippen LogP contribution in [-0.2, 0) is 15.0 Å². The first-order chi connectivity index (χ1) is 18.1. The van der Waals surface area contributed by atoms with Gasteiger partial charge in [-0.05, 0) is 53.8 Å². The van der Waals surface area contributed by atoms with E-state index < -0.39 is 23.5 Å². The minimum atomic E-state index is -0.926. The molecule has 1 saturated heterocycles. The van der Waals surface area contributed by atoms with Crippen LogP contribution in [0.3, 0.4) is 0 Å². The fraction of sp³-hybridized carbons (Fsp3) is 0.233. The van der Waals surface area contributed by atoms with Crippen molar-refractivity contribution in [1.29, 1.82) is 0 Å². The number of ketones is 1. The predicted octanol–water partition coefficient (Wildman–Crippen LogP) is 6.76. The quantitative estimate of drug-likeness (QED) is 0.175. The maximum atomic E-state index is 13.9. The van der Waals surface area contributed by atoms with E-state index in [4.69, 9.17) is 4.74 Å². The van der Waals surface area contributed by atoms with E-state index in [2.05, 4.69) is 25.8 Å². The zero-order chi connectivity index (χ0) is 27.2. The summed E-state index contributed by atoms with van der Waals surface area (Å²) in [5.74, 6) is -1.82. The Kier molecular flexibility index (Phi) is 6.53. The number of benzene rings is 3. The highest BCUT2D eigenvalue weighted by Crippen LogP contribution is 2.44. The van der Waals surface area contributed by atoms with E-state index in [1.165, 1.54) is 23.1 Å². The Hall–Kier alpha value is -4.04. The smallest absolute Gasteiger partial charge is 0.301 e. The van der Waals surface area contributed by atoms with Gasteiger partial charge in [0.15, 0.2) is 5.13 Å². The lowest BCUT2D eigenvalue weighted by atomic mass is 9.85. The first-order valence-electron chi connectivity index (χ1n) is 12.3. The van der Waals surface area contributed by atoms with E-state index in [0.29, 0.717) is 33.7 Å². The second kappa shape index (κ2) is 9.68. The number of thiazole rings is 1. The second-order valence-corrected chi connectivity index (χ2v) is 11.1. The standard InChI is InChI=1S/C30H27FN2O4S/c1-5-37-21-8-6-7-18(15-21)26(34)24-25(17-9-11-19(12-10-17)30(2,3)4)33(28(36)27(24)35)29-32-22-14-13-20(31)16-23(22)38-29/h6-16,25,34H,5H2,1-4H3. The van der Waals surface area contributed by atoms with Crippen molar-refractivity contribution in [3.05, 3.63) is 94.8 Å². The lowest BCUT2D eigenvalue weighted by Gasteiger charge is -2.24. The summed E-state index contributed by atoms with van der Waals surface area (Å²) < 4.78 is 20.0. The van der Waals surface area contributed by atoms with Crippen molar-refractivity contribution in [3.63, 3.8) is 0 Å². The molecule has 1 amide bonds. The summed E-state index contributed by atoms with van der Waals surface area (Å²) in [5.41, 5.74) is 2.45. The lowest BCUT2D eigenvalue weighted by molar-refractivity contribution is -0.132. The largest absolute Gasteiger partial charge is 0.507 e. The average Bonchev–Trinajstić information content (AvgIpc) is 3.41. The van der Waals surface area contributed by atoms with E-state index in [1.54, 1.807) is 24.3 Å². The Morgan fingerprint density at radius 3 is 2.50 bits per heavy atom. The Morgan fingerprint density at radius 2 is 1.82 bits per heavy atom. The van der Waals surface area contributed by atoms with Gasteiger partial charge in [-0.25, -0.2) is 9.37 Å². The van der Waals surface area contributed by atoms with Gasteiger partial charge in [-0.15, -0.1) is 0 Å². The number of aliphatic hydroxyl groups excluding tert-OH is 1. The molecule has 1 atom stereocenters. The van der Waals surface area contributed by atoms with Crippen LogP contribution >= 0.6 is 11.3 Å². The van der Waals surface area contributed by atoms with Crippen molar-refractivity contribution in [2.75, 3.05) is 11.5 Å². The van der Waals surface area contributed by atoms with Crippen LogP contribution in [-0.4, -0.2) is 28.4 Å². The molecule has 0 radical (unpaired) electrons. The van der Waals surface area contributed by atoms with E-state index in [-0.39, 0.29) is 21.9 Å². The van der Waals surface area contributed by atoms with Crippen LogP contribution in [0.15, 0.2) is 72.3 Å². The zero-order valence-corrected chi connectivity index (χ0v) is 22.3. The molecule has 3 aromatic carbocycles. The van der Waals surface area contributed by atoms with Gasteiger partial charge in [0.25, 0.3) is 5.78 Å². The molecule has 38 heavy (non-hydrogen) atoms. The number of halogens is 1. The summed E-state index contributed by atoms with van der Waals surface area (Å²) in [4.78, 5) is 32.8. The van der Waals surface area contributed by atoms with E-state index in [0.717, 1.165) is 16.9 Å². The van der Waals surface area contributed by atoms with Crippen LogP contribution in [0.1, 0.15) is 50.4 Å². The summed E-state index contributed by atoms with van der Waals surface area (Å²) in [6.07, 6.45) is 0. The molecular weight excluding hydrogens is 503 g/mol. The van der Waals surface area contributed by atoms with Gasteiger partial charge in [0.05, 0.1) is 28.4 Å². The molecule has 0 bridgehead atoms. The summed E-state index contributed by atoms with van der Waals surface area (Å²) in [5, 5.41) is 11.7. The van der Waals surface area contributed by atoms with Crippen LogP contribution in [0, 0.1) is 5.82 Å². The number of hydrogen-bond acceptors (Lipinski definition) is 6. The zero-order valence-electron chi connectivity index (χ0n) is 21.5. The van der Waals surface area contributed by atoms with Crippen LogP contribution in [0.25, 0.3) is 16.0 Å². The molecule has 2 heterocycles. The van der Waals surface area contributed by atoms with Gasteiger partial charge >= 0.3 is 5.91 Å². The number of ether oxygens (including phenoxy) is 1. The Morgan fingerprint density at radius 1 is 1.08 bits per heavy atom. The average molecular weight is 531 g/mol. The van der Waals surface area contributed by atoms with Crippen LogP contribution in [0.4, 0.5) is 9.52 Å². The van der Waals surface area contributed by atoms with Gasteiger partial charge in [0, 0.05) is 5.56 Å². The number of carbonyl (C=O) groups is 2. The maximum Gasteiger partial charge on any atom is 0.301 e. The Balaban J connectivity index is 1.70. The molecule has 1 N–H and O–H groups in total. The molecule has 1 fully saturated rings. The number of anilines is 1. The van der Waals surface area contributed by atoms with Crippen molar-refractivity contribution in [2.24, 2.45) is 0 Å². The van der Waals surface area contributed by atoms with Gasteiger partial charge in [0.1, 0.15) is 17.3 Å². The summed E-state index contributed by atoms with van der Waals surface area (Å²) >= 11 is 1.12. The summed E-state index contributed by atoms with van der Waals surface area (Å²) in [7, 11) is 0. The molecule has 1 aliphatic rings. The van der Waals surface area contributed by atoms with Crippen molar-refractivity contribution >= 4 is 44.1 Å². The van der Waals surface area contributed by atoms with Gasteiger partial charge < -0.3 is 9.84 Å².